The smallest absolute Gasteiger partial charge is 0.265 e. The standard InChI is InChI=1S/C27H24N4O4S/c1-16(26(33)29-19-8-10-20(34-3)11-9-19)31-22-14-18(7-12-23(22)35-15-24(31)32)25-17(2)36-27(30-25)21-6-4-5-13-28-21/h4-14,16H,15H2,1-3H3,(H,29,33). The van der Waals surface area contributed by atoms with Crippen LogP contribution in [0.5, 0.6) is 11.5 Å². The van der Waals surface area contributed by atoms with Gasteiger partial charge in [0.15, 0.2) is 6.61 Å². The van der Waals surface area contributed by atoms with Crippen LogP contribution < -0.4 is 19.7 Å². The number of nitrogens with zero attached hydrogens (tertiary/aromatic N) is 3. The van der Waals surface area contributed by atoms with Gasteiger partial charge in [-0.2, -0.15) is 0 Å². The van der Waals surface area contributed by atoms with Crippen LogP contribution in [0.25, 0.3) is 22.0 Å². The lowest BCUT2D eigenvalue weighted by Gasteiger charge is -2.33. The Hall–Kier alpha value is -4.24. The number of hydrogen-bond donors (Lipinski definition) is 1. The molecule has 2 amide bonds. The zero-order chi connectivity index (χ0) is 25.2. The highest BCUT2D eigenvalue weighted by Gasteiger charge is 2.33. The predicted molar refractivity (Wildman–Crippen MR) is 140 cm³/mol. The van der Waals surface area contributed by atoms with Gasteiger partial charge in [0, 0.05) is 22.3 Å². The van der Waals surface area contributed by atoms with E-state index in [4.69, 9.17) is 14.5 Å². The van der Waals surface area contributed by atoms with Crippen LogP contribution in [0.4, 0.5) is 11.4 Å². The van der Waals surface area contributed by atoms with Gasteiger partial charge in [0.1, 0.15) is 22.5 Å². The number of rotatable bonds is 6. The van der Waals surface area contributed by atoms with Crippen LogP contribution in [0, 0.1) is 6.92 Å². The first-order chi connectivity index (χ1) is 17.4. The second kappa shape index (κ2) is 9.79. The summed E-state index contributed by atoms with van der Waals surface area (Å²) in [5.41, 5.74) is 3.58. The van der Waals surface area contributed by atoms with Crippen molar-refractivity contribution in [3.63, 3.8) is 0 Å². The summed E-state index contributed by atoms with van der Waals surface area (Å²) < 4.78 is 10.8. The lowest BCUT2D eigenvalue weighted by Crippen LogP contribution is -2.49. The molecule has 0 fully saturated rings. The summed E-state index contributed by atoms with van der Waals surface area (Å²) in [6.07, 6.45) is 1.74. The van der Waals surface area contributed by atoms with E-state index < -0.39 is 6.04 Å². The van der Waals surface area contributed by atoms with Crippen molar-refractivity contribution >= 4 is 34.5 Å². The van der Waals surface area contributed by atoms with Gasteiger partial charge in [0.2, 0.25) is 5.91 Å². The summed E-state index contributed by atoms with van der Waals surface area (Å²) >= 11 is 1.56. The zero-order valence-electron chi connectivity index (χ0n) is 20.0. The van der Waals surface area contributed by atoms with E-state index in [-0.39, 0.29) is 18.4 Å². The third-order valence-corrected chi connectivity index (χ3v) is 6.91. The van der Waals surface area contributed by atoms with Crippen molar-refractivity contribution in [3.05, 3.63) is 71.7 Å². The molecule has 182 valence electrons. The van der Waals surface area contributed by atoms with E-state index in [1.165, 1.54) is 4.90 Å². The molecule has 4 aromatic rings. The molecule has 36 heavy (non-hydrogen) atoms. The molecule has 1 N–H and O–H groups in total. The Bertz CT molecular complexity index is 1420. The number of methoxy groups -OCH3 is 1. The number of aryl methyl sites for hydroxylation is 1. The molecule has 0 saturated heterocycles. The SMILES string of the molecule is COc1ccc(NC(=O)C(C)N2C(=O)COc3ccc(-c4nc(-c5ccccn5)sc4C)cc32)cc1. The summed E-state index contributed by atoms with van der Waals surface area (Å²) in [7, 11) is 1.58. The van der Waals surface area contributed by atoms with Gasteiger partial charge in [-0.05, 0) is 68.4 Å². The van der Waals surface area contributed by atoms with Crippen molar-refractivity contribution in [1.29, 1.82) is 0 Å². The van der Waals surface area contributed by atoms with Crippen molar-refractivity contribution in [3.8, 4) is 33.5 Å². The monoisotopic (exact) mass is 500 g/mol. The highest BCUT2D eigenvalue weighted by molar-refractivity contribution is 7.15. The Morgan fingerprint density at radius 2 is 1.97 bits per heavy atom. The van der Waals surface area contributed by atoms with Crippen LogP contribution in [-0.4, -0.2) is 41.5 Å². The number of amides is 2. The van der Waals surface area contributed by atoms with Gasteiger partial charge in [-0.15, -0.1) is 11.3 Å². The average Bonchev–Trinajstić information content (AvgIpc) is 3.30. The Balaban J connectivity index is 1.45. The third kappa shape index (κ3) is 4.52. The number of nitrogens with one attached hydrogen (secondary N) is 1. The van der Waals surface area contributed by atoms with E-state index in [1.54, 1.807) is 55.8 Å². The summed E-state index contributed by atoms with van der Waals surface area (Å²) in [5, 5.41) is 3.69. The number of aromatic nitrogens is 2. The largest absolute Gasteiger partial charge is 0.497 e. The minimum atomic E-state index is -0.766. The first-order valence-electron chi connectivity index (χ1n) is 11.4. The van der Waals surface area contributed by atoms with Gasteiger partial charge in [0.25, 0.3) is 5.91 Å². The summed E-state index contributed by atoms with van der Waals surface area (Å²) in [5.74, 6) is 0.630. The molecule has 0 bridgehead atoms. The fourth-order valence-corrected chi connectivity index (χ4v) is 4.96. The quantitative estimate of drug-likeness (QED) is 0.403. The molecule has 1 unspecified atom stereocenters. The molecule has 8 nitrogen and oxygen atoms in total. The lowest BCUT2D eigenvalue weighted by atomic mass is 10.1. The summed E-state index contributed by atoms with van der Waals surface area (Å²) in [6, 6.07) is 17.6. The molecule has 1 aliphatic rings. The number of thiazole rings is 1. The normalized spacial score (nSPS) is 13.5. The molecule has 0 saturated carbocycles. The van der Waals surface area contributed by atoms with Crippen molar-refractivity contribution in [1.82, 2.24) is 9.97 Å². The van der Waals surface area contributed by atoms with Crippen LogP contribution in [0.3, 0.4) is 0 Å². The highest BCUT2D eigenvalue weighted by Crippen LogP contribution is 2.39. The van der Waals surface area contributed by atoms with E-state index in [0.717, 1.165) is 26.8 Å². The second-order valence-electron chi connectivity index (χ2n) is 8.27. The zero-order valence-corrected chi connectivity index (χ0v) is 20.8. The molecule has 3 heterocycles. The maximum absolute atomic E-state index is 13.1. The van der Waals surface area contributed by atoms with Crippen LogP contribution in [0.2, 0.25) is 0 Å². The summed E-state index contributed by atoms with van der Waals surface area (Å²) in [6.45, 7) is 3.57. The average molecular weight is 501 g/mol. The molecule has 0 aliphatic carbocycles. The molecule has 9 heteroatoms. The Morgan fingerprint density at radius 3 is 2.69 bits per heavy atom. The van der Waals surface area contributed by atoms with Crippen LogP contribution in [0.1, 0.15) is 11.8 Å². The number of carbonyl (C=O) groups excluding carboxylic acids is 2. The van der Waals surface area contributed by atoms with Crippen molar-refractivity contribution in [2.45, 2.75) is 19.9 Å². The highest BCUT2D eigenvalue weighted by atomic mass is 32.1. The predicted octanol–water partition coefficient (Wildman–Crippen LogP) is 4.94. The van der Waals surface area contributed by atoms with Crippen molar-refractivity contribution in [2.75, 3.05) is 23.9 Å². The number of ether oxygens (including phenoxy) is 2. The topological polar surface area (TPSA) is 93.7 Å². The number of fused-ring (bicyclic) bond motifs is 1. The first kappa shape index (κ1) is 23.5. The van der Waals surface area contributed by atoms with Gasteiger partial charge in [0.05, 0.1) is 24.2 Å². The molecular formula is C27H24N4O4S. The maximum Gasteiger partial charge on any atom is 0.265 e. The Labute approximate surface area is 212 Å². The fourth-order valence-electron chi connectivity index (χ4n) is 4.04. The minimum Gasteiger partial charge on any atom is -0.497 e. The molecule has 0 radical (unpaired) electrons. The number of carbonyl (C=O) groups is 2. The lowest BCUT2D eigenvalue weighted by molar-refractivity contribution is -0.125. The van der Waals surface area contributed by atoms with Gasteiger partial charge in [-0.3, -0.25) is 19.5 Å². The molecule has 1 aliphatic heterocycles. The van der Waals surface area contributed by atoms with E-state index >= 15 is 0 Å². The molecule has 2 aromatic carbocycles. The molecule has 1 atom stereocenters. The van der Waals surface area contributed by atoms with E-state index in [1.807, 2.05) is 43.3 Å². The first-order valence-corrected chi connectivity index (χ1v) is 12.2. The molecule has 2 aromatic heterocycles. The minimum absolute atomic E-state index is 0.133. The van der Waals surface area contributed by atoms with E-state index in [0.29, 0.717) is 22.9 Å². The van der Waals surface area contributed by atoms with Gasteiger partial charge >= 0.3 is 0 Å². The van der Waals surface area contributed by atoms with Gasteiger partial charge in [-0.1, -0.05) is 6.07 Å². The van der Waals surface area contributed by atoms with Gasteiger partial charge in [-0.25, -0.2) is 4.98 Å². The van der Waals surface area contributed by atoms with Gasteiger partial charge < -0.3 is 14.8 Å². The Kier molecular flexibility index (Phi) is 6.39. The maximum atomic E-state index is 13.1. The summed E-state index contributed by atoms with van der Waals surface area (Å²) in [4.78, 5) is 37.7. The second-order valence-corrected chi connectivity index (χ2v) is 9.47. The van der Waals surface area contributed by atoms with Crippen LogP contribution in [-0.2, 0) is 9.59 Å². The molecular weight excluding hydrogens is 476 g/mol. The Morgan fingerprint density at radius 1 is 1.17 bits per heavy atom. The van der Waals surface area contributed by atoms with Crippen LogP contribution in [0.15, 0.2) is 66.9 Å². The number of pyridine rings is 1. The third-order valence-electron chi connectivity index (χ3n) is 5.92. The number of hydrogen-bond acceptors (Lipinski definition) is 7. The molecule has 0 spiro atoms. The van der Waals surface area contributed by atoms with E-state index in [2.05, 4.69) is 10.3 Å². The fraction of sp³-hybridized carbons (Fsp3) is 0.185. The van der Waals surface area contributed by atoms with Crippen molar-refractivity contribution < 1.29 is 19.1 Å². The van der Waals surface area contributed by atoms with Crippen LogP contribution >= 0.6 is 11.3 Å². The van der Waals surface area contributed by atoms with E-state index in [9.17, 15) is 9.59 Å². The van der Waals surface area contributed by atoms with Crippen molar-refractivity contribution in [2.24, 2.45) is 0 Å². The number of anilines is 2. The number of benzene rings is 2. The molecule has 5 rings (SSSR count).